The van der Waals surface area contributed by atoms with Gasteiger partial charge in [-0.15, -0.1) is 0 Å². The van der Waals surface area contributed by atoms with Gasteiger partial charge < -0.3 is 5.32 Å². The van der Waals surface area contributed by atoms with Crippen LogP contribution < -0.4 is 5.32 Å². The summed E-state index contributed by atoms with van der Waals surface area (Å²) in [6.07, 6.45) is 1.80. The third kappa shape index (κ3) is 3.96. The Hall–Kier alpha value is -1.11. The Balaban J connectivity index is 2.11. The SMILES string of the molecule is CCCS(=O)(=O)N1CCCC1C(=O)Nc1cccc(Cl)c1. The second-order valence-electron chi connectivity index (χ2n) is 5.08. The fraction of sp³-hybridized carbons (Fsp3) is 0.500. The molecule has 1 aromatic carbocycles. The molecule has 0 bridgehead atoms. The van der Waals surface area contributed by atoms with Gasteiger partial charge in [0.05, 0.1) is 5.75 Å². The van der Waals surface area contributed by atoms with Gasteiger partial charge in [0.15, 0.2) is 0 Å². The molecule has 1 N–H and O–H groups in total. The van der Waals surface area contributed by atoms with Crippen molar-refractivity contribution in [2.75, 3.05) is 17.6 Å². The van der Waals surface area contributed by atoms with Gasteiger partial charge in [0.25, 0.3) is 0 Å². The number of sulfonamides is 1. The summed E-state index contributed by atoms with van der Waals surface area (Å²) in [5.74, 6) is -0.219. The zero-order chi connectivity index (χ0) is 15.5. The van der Waals surface area contributed by atoms with Crippen LogP contribution in [0.25, 0.3) is 0 Å². The first-order valence-corrected chi connectivity index (χ1v) is 8.98. The number of carbonyl (C=O) groups is 1. The molecule has 1 aromatic rings. The van der Waals surface area contributed by atoms with Gasteiger partial charge in [-0.25, -0.2) is 8.42 Å². The van der Waals surface area contributed by atoms with Crippen molar-refractivity contribution in [3.05, 3.63) is 29.3 Å². The molecule has 1 unspecified atom stereocenters. The molecule has 0 aliphatic carbocycles. The molecule has 1 fully saturated rings. The molecule has 0 saturated carbocycles. The van der Waals surface area contributed by atoms with Crippen LogP contribution in [0.5, 0.6) is 0 Å². The van der Waals surface area contributed by atoms with Crippen molar-refractivity contribution in [3.8, 4) is 0 Å². The fourth-order valence-electron chi connectivity index (χ4n) is 2.50. The summed E-state index contributed by atoms with van der Waals surface area (Å²) >= 11 is 5.87. The molecular weight excluding hydrogens is 312 g/mol. The van der Waals surface area contributed by atoms with E-state index in [-0.39, 0.29) is 11.7 Å². The van der Waals surface area contributed by atoms with E-state index in [1.807, 2.05) is 6.92 Å². The topological polar surface area (TPSA) is 66.5 Å². The van der Waals surface area contributed by atoms with Crippen LogP contribution in [-0.2, 0) is 14.8 Å². The van der Waals surface area contributed by atoms with Crippen molar-refractivity contribution in [1.82, 2.24) is 4.31 Å². The molecular formula is C14H19ClN2O3S. The maximum Gasteiger partial charge on any atom is 0.242 e. The number of rotatable bonds is 5. The van der Waals surface area contributed by atoms with Crippen molar-refractivity contribution < 1.29 is 13.2 Å². The predicted molar refractivity (Wildman–Crippen MR) is 83.9 cm³/mol. The van der Waals surface area contributed by atoms with Crippen LogP contribution in [0, 0.1) is 0 Å². The first-order valence-electron chi connectivity index (χ1n) is 7.00. The van der Waals surface area contributed by atoms with E-state index in [4.69, 9.17) is 11.6 Å². The summed E-state index contributed by atoms with van der Waals surface area (Å²) in [4.78, 5) is 12.3. The number of hydrogen-bond acceptors (Lipinski definition) is 3. The van der Waals surface area contributed by atoms with Crippen molar-refractivity contribution in [2.24, 2.45) is 0 Å². The van der Waals surface area contributed by atoms with Crippen molar-refractivity contribution >= 4 is 33.2 Å². The number of carbonyl (C=O) groups excluding carboxylic acids is 1. The van der Waals surface area contributed by atoms with Gasteiger partial charge in [-0.3, -0.25) is 4.79 Å². The molecule has 0 spiro atoms. The number of anilines is 1. The molecule has 1 aliphatic heterocycles. The number of hydrogen-bond donors (Lipinski definition) is 1. The van der Waals surface area contributed by atoms with Crippen molar-refractivity contribution in [2.45, 2.75) is 32.2 Å². The Morgan fingerprint density at radius 2 is 2.24 bits per heavy atom. The highest BCUT2D eigenvalue weighted by atomic mass is 35.5. The normalized spacial score (nSPS) is 19.6. The van der Waals surface area contributed by atoms with Gasteiger partial charge in [-0.2, -0.15) is 4.31 Å². The zero-order valence-corrected chi connectivity index (χ0v) is 13.5. The Kier molecular flexibility index (Phi) is 5.24. The monoisotopic (exact) mass is 330 g/mol. The molecule has 0 aromatic heterocycles. The first kappa shape index (κ1) is 16.3. The lowest BCUT2D eigenvalue weighted by molar-refractivity contribution is -0.119. The molecule has 1 saturated heterocycles. The Bertz CT molecular complexity index is 618. The second kappa shape index (κ2) is 6.77. The Morgan fingerprint density at radius 3 is 2.90 bits per heavy atom. The van der Waals surface area contributed by atoms with Crippen LogP contribution in [0.2, 0.25) is 5.02 Å². The van der Waals surface area contributed by atoms with Gasteiger partial charge in [-0.1, -0.05) is 24.6 Å². The summed E-state index contributed by atoms with van der Waals surface area (Å²) in [7, 11) is -3.36. The highest BCUT2D eigenvalue weighted by Gasteiger charge is 2.37. The van der Waals surface area contributed by atoms with E-state index in [1.165, 1.54) is 4.31 Å². The van der Waals surface area contributed by atoms with E-state index in [0.717, 1.165) is 0 Å². The molecule has 1 aliphatic rings. The third-order valence-electron chi connectivity index (χ3n) is 3.42. The molecule has 21 heavy (non-hydrogen) atoms. The number of nitrogens with one attached hydrogen (secondary N) is 1. The maximum absolute atomic E-state index is 12.3. The third-order valence-corrected chi connectivity index (χ3v) is 5.73. The lowest BCUT2D eigenvalue weighted by atomic mass is 10.2. The van der Waals surface area contributed by atoms with Crippen LogP contribution in [0.3, 0.4) is 0 Å². The molecule has 116 valence electrons. The van der Waals surface area contributed by atoms with E-state index in [2.05, 4.69) is 5.32 Å². The van der Waals surface area contributed by atoms with E-state index in [9.17, 15) is 13.2 Å². The summed E-state index contributed by atoms with van der Waals surface area (Å²) in [6.45, 7) is 2.23. The van der Waals surface area contributed by atoms with Crippen molar-refractivity contribution in [3.63, 3.8) is 0 Å². The fourth-order valence-corrected chi connectivity index (χ4v) is 4.44. The number of halogens is 1. The number of nitrogens with zero attached hydrogens (tertiary/aromatic N) is 1. The minimum absolute atomic E-state index is 0.0773. The van der Waals surface area contributed by atoms with Crippen LogP contribution in [0.15, 0.2) is 24.3 Å². The minimum Gasteiger partial charge on any atom is -0.325 e. The highest BCUT2D eigenvalue weighted by molar-refractivity contribution is 7.89. The van der Waals surface area contributed by atoms with Gasteiger partial charge in [0.1, 0.15) is 6.04 Å². The van der Waals surface area contributed by atoms with Crippen LogP contribution in [-0.4, -0.2) is 37.0 Å². The minimum atomic E-state index is -3.36. The van der Waals surface area contributed by atoms with E-state index in [0.29, 0.717) is 36.5 Å². The maximum atomic E-state index is 12.3. The van der Waals surface area contributed by atoms with Crippen LogP contribution in [0.4, 0.5) is 5.69 Å². The van der Waals surface area contributed by atoms with Crippen LogP contribution in [0.1, 0.15) is 26.2 Å². The average Bonchev–Trinajstić information content (AvgIpc) is 2.88. The molecule has 5 nitrogen and oxygen atoms in total. The van der Waals surface area contributed by atoms with Gasteiger partial charge in [0.2, 0.25) is 15.9 Å². The number of benzene rings is 1. The average molecular weight is 331 g/mol. The number of amides is 1. The second-order valence-corrected chi connectivity index (χ2v) is 7.56. The van der Waals surface area contributed by atoms with Gasteiger partial charge >= 0.3 is 0 Å². The Labute approximate surface area is 130 Å². The lowest BCUT2D eigenvalue weighted by Gasteiger charge is -2.23. The van der Waals surface area contributed by atoms with E-state index < -0.39 is 16.1 Å². The summed E-state index contributed by atoms with van der Waals surface area (Å²) < 4.78 is 25.7. The van der Waals surface area contributed by atoms with Gasteiger partial charge in [0, 0.05) is 17.3 Å². The quantitative estimate of drug-likeness (QED) is 0.902. The largest absolute Gasteiger partial charge is 0.325 e. The summed E-state index contributed by atoms with van der Waals surface area (Å²) in [6, 6.07) is 6.19. The molecule has 1 atom stereocenters. The van der Waals surface area contributed by atoms with Gasteiger partial charge in [-0.05, 0) is 37.5 Å². The smallest absolute Gasteiger partial charge is 0.242 e. The molecule has 1 amide bonds. The lowest BCUT2D eigenvalue weighted by Crippen LogP contribution is -2.44. The molecule has 2 rings (SSSR count). The first-order chi connectivity index (χ1) is 9.94. The molecule has 1 heterocycles. The predicted octanol–water partition coefficient (Wildman–Crippen LogP) is 2.48. The molecule has 0 radical (unpaired) electrons. The van der Waals surface area contributed by atoms with E-state index in [1.54, 1.807) is 24.3 Å². The van der Waals surface area contributed by atoms with Crippen molar-refractivity contribution in [1.29, 1.82) is 0 Å². The van der Waals surface area contributed by atoms with Crippen LogP contribution >= 0.6 is 11.6 Å². The highest BCUT2D eigenvalue weighted by Crippen LogP contribution is 2.24. The summed E-state index contributed by atoms with van der Waals surface area (Å²) in [5, 5.41) is 3.26. The summed E-state index contributed by atoms with van der Waals surface area (Å²) in [5.41, 5.74) is 0.576. The standard InChI is InChI=1S/C14H19ClN2O3S/c1-2-9-21(19,20)17-8-4-7-13(17)14(18)16-12-6-3-5-11(15)10-12/h3,5-6,10,13H,2,4,7-9H2,1H3,(H,16,18). The Morgan fingerprint density at radius 1 is 1.48 bits per heavy atom. The van der Waals surface area contributed by atoms with E-state index >= 15 is 0 Å². The molecule has 7 heteroatoms. The zero-order valence-electron chi connectivity index (χ0n) is 11.9.